The molecule has 1 aliphatic rings. The zero-order valence-corrected chi connectivity index (χ0v) is 22.4. The van der Waals surface area contributed by atoms with E-state index in [4.69, 9.17) is 4.98 Å². The molecule has 3 rings (SSSR count). The van der Waals surface area contributed by atoms with Crippen molar-refractivity contribution in [3.05, 3.63) is 47.2 Å². The van der Waals surface area contributed by atoms with E-state index < -0.39 is 5.41 Å². The minimum Gasteiger partial charge on any atom is -0.340 e. The number of aromatic nitrogens is 2. The molecular weight excluding hydrogens is 438 g/mol. The average Bonchev–Trinajstić information content (AvgIpc) is 3.19. The predicted octanol–water partition coefficient (Wildman–Crippen LogP) is 6.54. The Labute approximate surface area is 210 Å². The van der Waals surface area contributed by atoms with Crippen molar-refractivity contribution in [3.8, 4) is 6.07 Å². The summed E-state index contributed by atoms with van der Waals surface area (Å²) in [5.74, 6) is 1.94. The van der Waals surface area contributed by atoms with E-state index in [2.05, 4.69) is 85.1 Å². The lowest BCUT2D eigenvalue weighted by Crippen LogP contribution is -2.47. The summed E-state index contributed by atoms with van der Waals surface area (Å²) in [4.78, 5) is 11.1. The zero-order valence-electron chi connectivity index (χ0n) is 21.6. The average molecular weight is 480 g/mol. The van der Waals surface area contributed by atoms with Crippen molar-refractivity contribution < 1.29 is 0 Å². The Balaban J connectivity index is 1.63. The highest BCUT2D eigenvalue weighted by Gasteiger charge is 2.37. The smallest absolute Gasteiger partial charge is 0.206 e. The topological polar surface area (TPSA) is 48.1 Å². The van der Waals surface area contributed by atoms with Gasteiger partial charge in [0.25, 0.3) is 0 Å². The fourth-order valence-electron chi connectivity index (χ4n) is 5.06. The molecule has 1 atom stereocenters. The molecule has 1 unspecified atom stereocenters. The number of hydrogen-bond donors (Lipinski definition) is 0. The van der Waals surface area contributed by atoms with Crippen LogP contribution in [-0.4, -0.2) is 47.2 Å². The van der Waals surface area contributed by atoms with E-state index in [9.17, 15) is 5.26 Å². The molecule has 5 nitrogen and oxygen atoms in total. The van der Waals surface area contributed by atoms with Gasteiger partial charge in [-0.15, -0.1) is 11.8 Å². The van der Waals surface area contributed by atoms with Crippen molar-refractivity contribution in [1.29, 1.82) is 5.26 Å². The molecule has 184 valence electrons. The van der Waals surface area contributed by atoms with Crippen LogP contribution in [0.5, 0.6) is 0 Å². The first kappa shape index (κ1) is 26.4. The van der Waals surface area contributed by atoms with Gasteiger partial charge < -0.3 is 9.47 Å². The molecule has 6 heteroatoms. The molecule has 0 N–H and O–H groups in total. The summed E-state index contributed by atoms with van der Waals surface area (Å²) in [7, 11) is 0. The summed E-state index contributed by atoms with van der Waals surface area (Å²) in [5, 5.41) is 12.0. The van der Waals surface area contributed by atoms with E-state index in [1.807, 2.05) is 12.3 Å². The van der Waals surface area contributed by atoms with Gasteiger partial charge >= 0.3 is 0 Å². The first-order valence-electron chi connectivity index (χ1n) is 12.6. The van der Waals surface area contributed by atoms with Gasteiger partial charge in [-0.2, -0.15) is 5.26 Å². The second-order valence-electron chi connectivity index (χ2n) is 10.0. The minimum atomic E-state index is -0.433. The standard InChI is InChI=1S/C28H41N5S/c1-7-26(34-8-2)28(21-29,23(5)6)14-11-15-31-16-18-32(19-17-31)27-30-24-12-9-10-13-25(24)33(27)20-22(3)4/h7-10,12-13,22-23H,2,11,14-20H2,1,3-6H3/b26-7-. The maximum absolute atomic E-state index is 10.2. The van der Waals surface area contributed by atoms with Crippen LogP contribution in [0.4, 0.5) is 5.95 Å². The highest BCUT2D eigenvalue weighted by molar-refractivity contribution is 8.05. The molecule has 1 saturated heterocycles. The SMILES string of the molecule is C=CS/C(=C\C)C(C#N)(CCCN1CCN(c2nc3ccccc3n2CC(C)C)CC1)C(C)C. The molecule has 0 bridgehead atoms. The molecule has 34 heavy (non-hydrogen) atoms. The quantitative estimate of drug-likeness (QED) is 0.366. The second kappa shape index (κ2) is 12.0. The third-order valence-electron chi connectivity index (χ3n) is 6.98. The highest BCUT2D eigenvalue weighted by atomic mass is 32.2. The number of nitriles is 1. The predicted molar refractivity (Wildman–Crippen MR) is 147 cm³/mol. The monoisotopic (exact) mass is 479 g/mol. The molecule has 0 spiro atoms. The van der Waals surface area contributed by atoms with Gasteiger partial charge in [-0.25, -0.2) is 4.98 Å². The summed E-state index contributed by atoms with van der Waals surface area (Å²) in [6, 6.07) is 11.2. The van der Waals surface area contributed by atoms with Crippen molar-refractivity contribution in [2.24, 2.45) is 17.3 Å². The lowest BCUT2D eigenvalue weighted by Gasteiger charge is -2.37. The molecule has 1 aliphatic heterocycles. The van der Waals surface area contributed by atoms with Gasteiger partial charge in [0, 0.05) is 37.6 Å². The summed E-state index contributed by atoms with van der Waals surface area (Å²) >= 11 is 1.60. The third kappa shape index (κ3) is 5.70. The van der Waals surface area contributed by atoms with E-state index in [0.717, 1.165) is 68.5 Å². The van der Waals surface area contributed by atoms with Crippen LogP contribution in [0.2, 0.25) is 0 Å². The van der Waals surface area contributed by atoms with Crippen LogP contribution in [0.25, 0.3) is 11.0 Å². The Hall–Kier alpha value is -2.23. The number of hydrogen-bond acceptors (Lipinski definition) is 5. The Morgan fingerprint density at radius 1 is 1.21 bits per heavy atom. The number of benzene rings is 1. The maximum atomic E-state index is 10.2. The van der Waals surface area contributed by atoms with Gasteiger partial charge in [-0.05, 0) is 55.7 Å². The summed E-state index contributed by atoms with van der Waals surface area (Å²) in [5.41, 5.74) is 1.88. The van der Waals surface area contributed by atoms with Gasteiger partial charge in [-0.3, -0.25) is 4.90 Å². The normalized spacial score (nSPS) is 17.4. The largest absolute Gasteiger partial charge is 0.340 e. The summed E-state index contributed by atoms with van der Waals surface area (Å²) < 4.78 is 2.40. The number of rotatable bonds is 11. The number of para-hydroxylation sites is 2. The lowest BCUT2D eigenvalue weighted by molar-refractivity contribution is 0.230. The van der Waals surface area contributed by atoms with Crippen LogP contribution in [0.15, 0.2) is 47.2 Å². The van der Waals surface area contributed by atoms with Crippen molar-refractivity contribution >= 4 is 28.7 Å². The molecule has 1 aromatic heterocycles. The van der Waals surface area contributed by atoms with Crippen molar-refractivity contribution in [1.82, 2.24) is 14.5 Å². The van der Waals surface area contributed by atoms with Crippen molar-refractivity contribution in [3.63, 3.8) is 0 Å². The molecule has 1 aromatic carbocycles. The van der Waals surface area contributed by atoms with Gasteiger partial charge in [0.05, 0.1) is 22.5 Å². The third-order valence-corrected chi connectivity index (χ3v) is 8.00. The van der Waals surface area contributed by atoms with E-state index >= 15 is 0 Å². The van der Waals surface area contributed by atoms with Gasteiger partial charge in [-0.1, -0.05) is 52.5 Å². The molecule has 0 saturated carbocycles. The number of imidazole rings is 1. The second-order valence-corrected chi connectivity index (χ2v) is 11.0. The van der Waals surface area contributed by atoms with Crippen LogP contribution in [0.3, 0.4) is 0 Å². The van der Waals surface area contributed by atoms with E-state index in [1.54, 1.807) is 11.8 Å². The van der Waals surface area contributed by atoms with Gasteiger partial charge in [0.1, 0.15) is 0 Å². The number of nitrogens with zero attached hydrogens (tertiary/aromatic N) is 5. The number of allylic oxidation sites excluding steroid dienone is 2. The van der Waals surface area contributed by atoms with Crippen molar-refractivity contribution in [2.75, 3.05) is 37.6 Å². The molecule has 0 aliphatic carbocycles. The Morgan fingerprint density at radius 2 is 1.91 bits per heavy atom. The fraction of sp³-hybridized carbons (Fsp3) is 0.571. The first-order chi connectivity index (χ1) is 16.4. The zero-order chi connectivity index (χ0) is 24.7. The van der Waals surface area contributed by atoms with Crippen LogP contribution in [0.1, 0.15) is 47.5 Å². The molecule has 1 fully saturated rings. The molecule has 0 amide bonds. The van der Waals surface area contributed by atoms with E-state index in [1.165, 1.54) is 5.52 Å². The number of fused-ring (bicyclic) bond motifs is 1. The number of thioether (sulfide) groups is 1. The first-order valence-corrected chi connectivity index (χ1v) is 13.5. The van der Waals surface area contributed by atoms with E-state index in [0.29, 0.717) is 5.92 Å². The van der Waals surface area contributed by atoms with Gasteiger partial charge in [0.2, 0.25) is 5.95 Å². The van der Waals surface area contributed by atoms with Crippen molar-refractivity contribution in [2.45, 2.75) is 54.0 Å². The Kier molecular flexibility index (Phi) is 9.27. The van der Waals surface area contributed by atoms with E-state index in [-0.39, 0.29) is 5.92 Å². The highest BCUT2D eigenvalue weighted by Crippen LogP contribution is 2.45. The number of anilines is 1. The van der Waals surface area contributed by atoms with Crippen LogP contribution < -0.4 is 4.90 Å². The van der Waals surface area contributed by atoms with Crippen LogP contribution >= 0.6 is 11.8 Å². The fourth-order valence-corrected chi connectivity index (χ4v) is 5.97. The molecule has 0 radical (unpaired) electrons. The summed E-state index contributed by atoms with van der Waals surface area (Å²) in [6.07, 6.45) is 4.00. The lowest BCUT2D eigenvalue weighted by atomic mass is 9.74. The summed E-state index contributed by atoms with van der Waals surface area (Å²) in [6.45, 7) is 20.8. The molecule has 2 heterocycles. The Morgan fingerprint density at radius 3 is 2.50 bits per heavy atom. The number of piperazine rings is 1. The van der Waals surface area contributed by atoms with Crippen LogP contribution in [0, 0.1) is 28.6 Å². The molecular formula is C28H41N5S. The maximum Gasteiger partial charge on any atom is 0.206 e. The Bertz CT molecular complexity index is 1020. The molecule has 2 aromatic rings. The van der Waals surface area contributed by atoms with Gasteiger partial charge in [0.15, 0.2) is 0 Å². The van der Waals surface area contributed by atoms with Crippen LogP contribution in [-0.2, 0) is 6.54 Å². The minimum absolute atomic E-state index is 0.266.